The first-order valence-corrected chi connectivity index (χ1v) is 14.3. The van der Waals surface area contributed by atoms with Gasteiger partial charge in [-0.25, -0.2) is 16.8 Å². The van der Waals surface area contributed by atoms with Crippen molar-refractivity contribution in [2.24, 2.45) is 0 Å². The second kappa shape index (κ2) is 9.08. The van der Waals surface area contributed by atoms with Crippen LogP contribution in [0.1, 0.15) is 49.8 Å². The molecule has 9 heteroatoms. The van der Waals surface area contributed by atoms with Crippen LogP contribution < -0.4 is 0 Å². The van der Waals surface area contributed by atoms with Gasteiger partial charge in [-0.2, -0.15) is 8.61 Å². The molecule has 6 nitrogen and oxygen atoms in total. The summed E-state index contributed by atoms with van der Waals surface area (Å²) in [7, 11) is -7.29. The quantitative estimate of drug-likeness (QED) is 0.614. The van der Waals surface area contributed by atoms with Gasteiger partial charge < -0.3 is 0 Å². The van der Waals surface area contributed by atoms with Crippen molar-refractivity contribution in [3.8, 4) is 0 Å². The van der Waals surface area contributed by atoms with E-state index in [1.165, 1.54) is 28.6 Å². The summed E-state index contributed by atoms with van der Waals surface area (Å²) in [6.07, 6.45) is 6.58. The van der Waals surface area contributed by atoms with Crippen molar-refractivity contribution >= 4 is 31.4 Å². The minimum atomic E-state index is -3.72. The van der Waals surface area contributed by atoms with E-state index in [2.05, 4.69) is 0 Å². The van der Waals surface area contributed by atoms with Gasteiger partial charge in [-0.3, -0.25) is 0 Å². The molecular weight excluding hydrogens is 440 g/mol. The first-order chi connectivity index (χ1) is 14.4. The first-order valence-electron chi connectivity index (χ1n) is 10.5. The van der Waals surface area contributed by atoms with Crippen LogP contribution in [0.15, 0.2) is 51.6 Å². The van der Waals surface area contributed by atoms with Crippen molar-refractivity contribution in [2.75, 3.05) is 13.1 Å². The summed E-state index contributed by atoms with van der Waals surface area (Å²) in [5.41, 5.74) is 0. The van der Waals surface area contributed by atoms with Crippen LogP contribution >= 0.6 is 11.3 Å². The van der Waals surface area contributed by atoms with Crippen LogP contribution in [-0.2, 0) is 26.6 Å². The van der Waals surface area contributed by atoms with Gasteiger partial charge in [-0.15, -0.1) is 11.3 Å². The number of hydrogen-bond donors (Lipinski definition) is 0. The Bertz CT molecular complexity index is 1040. The number of sulfonamides is 2. The van der Waals surface area contributed by atoms with E-state index < -0.39 is 20.0 Å². The fourth-order valence-electron chi connectivity index (χ4n) is 4.33. The maximum atomic E-state index is 13.5. The predicted octanol–water partition coefficient (Wildman–Crippen LogP) is 4.06. The molecule has 1 aromatic heterocycles. The Morgan fingerprint density at radius 1 is 0.867 bits per heavy atom. The van der Waals surface area contributed by atoms with Gasteiger partial charge in [0.05, 0.1) is 9.79 Å². The van der Waals surface area contributed by atoms with Gasteiger partial charge in [0, 0.05) is 30.6 Å². The van der Waals surface area contributed by atoms with Crippen LogP contribution in [0, 0.1) is 0 Å². The van der Waals surface area contributed by atoms with Crippen molar-refractivity contribution in [3.63, 3.8) is 0 Å². The molecule has 30 heavy (non-hydrogen) atoms. The third-order valence-electron chi connectivity index (χ3n) is 6.01. The number of nitrogens with zero attached hydrogens (tertiary/aromatic N) is 2. The Hall–Kier alpha value is -1.26. The fraction of sp³-hybridized carbons (Fsp3) is 0.524. The molecule has 164 valence electrons. The lowest BCUT2D eigenvalue weighted by Gasteiger charge is -2.28. The molecule has 4 rings (SSSR count). The first kappa shape index (κ1) is 22.0. The van der Waals surface area contributed by atoms with Gasteiger partial charge in [0.1, 0.15) is 0 Å². The molecule has 0 unspecified atom stereocenters. The SMILES string of the molecule is O=S(=O)(c1ccc(S(=O)(=O)N(Cc2cccs2)C2CCCC2)cc1)N1CCCCC1. The standard InChI is InChI=1S/C21H28N2O4S3/c24-29(25,22-14-4-1-5-15-22)20-10-12-21(13-11-20)30(26,27)23(18-7-2-3-8-18)17-19-9-6-16-28-19/h6,9-13,16,18H,1-5,7-8,14-15,17H2. The number of benzene rings is 1. The molecule has 1 aliphatic carbocycles. The molecule has 0 bridgehead atoms. The van der Waals surface area contributed by atoms with Gasteiger partial charge in [0.2, 0.25) is 20.0 Å². The number of hydrogen-bond acceptors (Lipinski definition) is 5. The Labute approximate surface area is 183 Å². The van der Waals surface area contributed by atoms with Crippen LogP contribution in [0.3, 0.4) is 0 Å². The normalized spacial score (nSPS) is 19.5. The molecule has 0 amide bonds. The average molecular weight is 469 g/mol. The molecule has 2 aromatic rings. The Kier molecular flexibility index (Phi) is 6.64. The smallest absolute Gasteiger partial charge is 0.207 e. The summed E-state index contributed by atoms with van der Waals surface area (Å²) in [5, 5.41) is 1.95. The molecule has 0 N–H and O–H groups in total. The van der Waals surface area contributed by atoms with E-state index in [1.54, 1.807) is 15.6 Å². The summed E-state index contributed by atoms with van der Waals surface area (Å²) in [6.45, 7) is 1.41. The molecule has 0 spiro atoms. The van der Waals surface area contributed by atoms with Crippen molar-refractivity contribution in [2.45, 2.75) is 67.3 Å². The average Bonchev–Trinajstić information content (AvgIpc) is 3.47. The second-order valence-electron chi connectivity index (χ2n) is 8.00. The molecule has 2 fully saturated rings. The van der Waals surface area contributed by atoms with Crippen molar-refractivity contribution in [3.05, 3.63) is 46.7 Å². The van der Waals surface area contributed by atoms with E-state index in [4.69, 9.17) is 0 Å². The van der Waals surface area contributed by atoms with Crippen molar-refractivity contribution in [1.29, 1.82) is 0 Å². The zero-order valence-electron chi connectivity index (χ0n) is 16.9. The molecule has 1 aromatic carbocycles. The molecular formula is C21H28N2O4S3. The summed E-state index contributed by atoms with van der Waals surface area (Å²) in [6, 6.07) is 9.65. The Morgan fingerprint density at radius 3 is 2.10 bits per heavy atom. The lowest BCUT2D eigenvalue weighted by atomic mass is 10.2. The summed E-state index contributed by atoms with van der Waals surface area (Å²) in [5.74, 6) is 0. The van der Waals surface area contributed by atoms with Gasteiger partial charge >= 0.3 is 0 Å². The zero-order valence-corrected chi connectivity index (χ0v) is 19.4. The number of thiophene rings is 1. The highest BCUT2D eigenvalue weighted by Gasteiger charge is 2.34. The largest absolute Gasteiger partial charge is 0.243 e. The highest BCUT2D eigenvalue weighted by atomic mass is 32.2. The summed E-state index contributed by atoms with van der Waals surface area (Å²) >= 11 is 1.55. The molecule has 0 radical (unpaired) electrons. The minimum Gasteiger partial charge on any atom is -0.207 e. The van der Waals surface area contributed by atoms with Crippen LogP contribution in [0.5, 0.6) is 0 Å². The predicted molar refractivity (Wildman–Crippen MR) is 118 cm³/mol. The molecule has 1 saturated carbocycles. The second-order valence-corrected chi connectivity index (χ2v) is 12.9. The molecule has 1 saturated heterocycles. The number of rotatable bonds is 7. The lowest BCUT2D eigenvalue weighted by Crippen LogP contribution is -2.38. The molecule has 1 aliphatic heterocycles. The lowest BCUT2D eigenvalue weighted by molar-refractivity contribution is 0.318. The summed E-state index contributed by atoms with van der Waals surface area (Å²) < 4.78 is 55.8. The van der Waals surface area contributed by atoms with Crippen LogP contribution in [0.4, 0.5) is 0 Å². The van der Waals surface area contributed by atoms with Crippen molar-refractivity contribution < 1.29 is 16.8 Å². The topological polar surface area (TPSA) is 74.8 Å². The zero-order chi connectivity index (χ0) is 21.2. The van der Waals surface area contributed by atoms with Crippen molar-refractivity contribution in [1.82, 2.24) is 8.61 Å². The third-order valence-corrected chi connectivity index (χ3v) is 10.7. The third kappa shape index (κ3) is 4.50. The summed E-state index contributed by atoms with van der Waals surface area (Å²) in [4.78, 5) is 1.33. The van der Waals surface area contributed by atoms with Gasteiger partial charge in [-0.1, -0.05) is 25.3 Å². The molecule has 2 aliphatic rings. The van der Waals surface area contributed by atoms with Crippen LogP contribution in [0.25, 0.3) is 0 Å². The Balaban J connectivity index is 1.60. The van der Waals surface area contributed by atoms with E-state index in [0.717, 1.165) is 49.8 Å². The fourth-order valence-corrected chi connectivity index (χ4v) is 8.30. The van der Waals surface area contributed by atoms with E-state index in [9.17, 15) is 16.8 Å². The van der Waals surface area contributed by atoms with Gasteiger partial charge in [0.25, 0.3) is 0 Å². The van der Waals surface area contributed by atoms with Crippen LogP contribution in [0.2, 0.25) is 0 Å². The minimum absolute atomic E-state index is 0.00569. The highest BCUT2D eigenvalue weighted by Crippen LogP contribution is 2.31. The Morgan fingerprint density at radius 2 is 1.50 bits per heavy atom. The van der Waals surface area contributed by atoms with Gasteiger partial charge in [0.15, 0.2) is 0 Å². The van der Waals surface area contributed by atoms with E-state index >= 15 is 0 Å². The van der Waals surface area contributed by atoms with Gasteiger partial charge in [-0.05, 0) is 61.4 Å². The van der Waals surface area contributed by atoms with E-state index in [-0.39, 0.29) is 15.8 Å². The maximum Gasteiger partial charge on any atom is 0.243 e. The highest BCUT2D eigenvalue weighted by molar-refractivity contribution is 7.89. The van der Waals surface area contributed by atoms with E-state index in [1.807, 2.05) is 17.5 Å². The maximum absolute atomic E-state index is 13.5. The number of piperidine rings is 1. The molecule has 0 atom stereocenters. The van der Waals surface area contributed by atoms with E-state index in [0.29, 0.717) is 19.6 Å². The van der Waals surface area contributed by atoms with Crippen LogP contribution in [-0.4, -0.2) is 44.6 Å². The monoisotopic (exact) mass is 468 g/mol. The molecule has 2 heterocycles.